The molecule has 2 atom stereocenters. The van der Waals surface area contributed by atoms with E-state index in [1.165, 1.54) is 64.0 Å². The number of aryl methyl sites for hydroxylation is 2. The minimum atomic E-state index is -0.0416. The molecule has 0 aliphatic heterocycles. The second-order valence-corrected chi connectivity index (χ2v) is 11.6. The van der Waals surface area contributed by atoms with Crippen LogP contribution in [0.3, 0.4) is 0 Å². The first-order valence-electron chi connectivity index (χ1n) is 16.2. The Morgan fingerprint density at radius 3 is 2.02 bits per heavy atom. The third-order valence-electron chi connectivity index (χ3n) is 8.55. The first-order valence-corrected chi connectivity index (χ1v) is 16.2. The van der Waals surface area contributed by atoms with Crippen LogP contribution in [0.15, 0.2) is 146 Å². The van der Waals surface area contributed by atoms with E-state index in [1.54, 1.807) is 0 Å². The molecule has 5 aromatic rings. The highest BCUT2D eigenvalue weighted by atomic mass is 15.0. The predicted molar refractivity (Wildman–Crippen MR) is 184 cm³/mol. The van der Waals surface area contributed by atoms with Crippen molar-refractivity contribution in [2.24, 2.45) is 0 Å². The van der Waals surface area contributed by atoms with Gasteiger partial charge in [0.2, 0.25) is 17.4 Å². The van der Waals surface area contributed by atoms with Gasteiger partial charge in [-0.15, -0.1) is 0 Å². The Labute approximate surface area is 264 Å². The number of hydrogen-bond acceptors (Lipinski definition) is 0. The maximum Gasteiger partial charge on any atom is 0.213 e. The van der Waals surface area contributed by atoms with Crippen LogP contribution in [-0.2, 0) is 6.54 Å². The highest BCUT2D eigenvalue weighted by Gasteiger charge is 2.33. The third kappa shape index (κ3) is 6.97. The van der Waals surface area contributed by atoms with Crippen molar-refractivity contribution < 1.29 is 9.13 Å². The van der Waals surface area contributed by atoms with Gasteiger partial charge in [0.05, 0.1) is 5.56 Å². The molecule has 2 aromatic heterocycles. The first-order chi connectivity index (χ1) is 21.6. The van der Waals surface area contributed by atoms with Crippen molar-refractivity contribution in [2.45, 2.75) is 65.5 Å². The van der Waals surface area contributed by atoms with E-state index in [1.807, 2.05) is 0 Å². The summed E-state index contributed by atoms with van der Waals surface area (Å²) < 4.78 is 4.94. The molecule has 0 saturated carbocycles. The third-order valence-corrected chi connectivity index (χ3v) is 8.55. The van der Waals surface area contributed by atoms with Crippen molar-refractivity contribution in [3.8, 4) is 22.5 Å². The monoisotopic (exact) mass is 578 g/mol. The van der Waals surface area contributed by atoms with Crippen LogP contribution in [0.4, 0.5) is 0 Å². The van der Waals surface area contributed by atoms with Gasteiger partial charge < -0.3 is 0 Å². The zero-order valence-corrected chi connectivity index (χ0v) is 26.7. The minimum Gasteiger partial charge on any atom is -0.198 e. The Morgan fingerprint density at radius 2 is 1.27 bits per heavy atom. The second kappa shape index (κ2) is 15.3. The lowest BCUT2D eigenvalue weighted by atomic mass is 9.85. The van der Waals surface area contributed by atoms with Gasteiger partial charge in [-0.1, -0.05) is 105 Å². The van der Waals surface area contributed by atoms with Gasteiger partial charge in [0, 0.05) is 47.4 Å². The van der Waals surface area contributed by atoms with Gasteiger partial charge in [-0.25, -0.2) is 0 Å². The lowest BCUT2D eigenvalue weighted by Crippen LogP contribution is -2.44. The van der Waals surface area contributed by atoms with Crippen LogP contribution in [0.1, 0.15) is 74.2 Å². The zero-order valence-electron chi connectivity index (χ0n) is 26.7. The Morgan fingerprint density at radius 1 is 0.636 bits per heavy atom. The van der Waals surface area contributed by atoms with Crippen LogP contribution in [0.2, 0.25) is 0 Å². The summed E-state index contributed by atoms with van der Waals surface area (Å²) in [5, 5.41) is 0. The molecule has 0 fully saturated rings. The Hall–Kier alpha value is -4.56. The number of benzene rings is 3. The number of unbranched alkanes of at least 4 members (excludes halogenated alkanes) is 2. The number of rotatable bonds is 12. The molecule has 0 aliphatic rings. The van der Waals surface area contributed by atoms with Crippen molar-refractivity contribution >= 4 is 0 Å². The largest absolute Gasteiger partial charge is 0.213 e. The summed E-state index contributed by atoms with van der Waals surface area (Å²) in [6.45, 7) is 9.86. The number of hydrogen-bond donors (Lipinski definition) is 0. The molecule has 0 spiro atoms. The van der Waals surface area contributed by atoms with E-state index in [2.05, 4.69) is 183 Å². The molecule has 5 rings (SSSR count). The summed E-state index contributed by atoms with van der Waals surface area (Å²) in [7, 11) is 0. The lowest BCUT2D eigenvalue weighted by molar-refractivity contribution is -0.695. The van der Waals surface area contributed by atoms with Gasteiger partial charge in [-0.2, -0.15) is 9.13 Å². The number of allylic oxidation sites excluding steroid dienone is 4. The van der Waals surface area contributed by atoms with Crippen molar-refractivity contribution in [3.05, 3.63) is 168 Å². The van der Waals surface area contributed by atoms with E-state index < -0.39 is 0 Å². The van der Waals surface area contributed by atoms with E-state index in [0.717, 1.165) is 6.54 Å². The second-order valence-electron chi connectivity index (χ2n) is 11.6. The molecule has 44 heavy (non-hydrogen) atoms. The van der Waals surface area contributed by atoms with E-state index in [-0.39, 0.29) is 12.0 Å². The Balaban J connectivity index is 1.78. The van der Waals surface area contributed by atoms with Gasteiger partial charge in [0.15, 0.2) is 12.4 Å². The molecular formula is C42H46N2+2. The van der Waals surface area contributed by atoms with Gasteiger partial charge in [0.1, 0.15) is 6.54 Å². The fourth-order valence-corrected chi connectivity index (χ4v) is 6.27. The number of pyridine rings is 2. The van der Waals surface area contributed by atoms with E-state index in [4.69, 9.17) is 0 Å². The lowest BCUT2D eigenvalue weighted by Gasteiger charge is -2.23. The summed E-state index contributed by atoms with van der Waals surface area (Å²) in [6.07, 6.45) is 16.8. The van der Waals surface area contributed by atoms with Crippen molar-refractivity contribution in [1.29, 1.82) is 0 Å². The van der Waals surface area contributed by atoms with E-state index >= 15 is 0 Å². The molecule has 0 bridgehead atoms. The van der Waals surface area contributed by atoms with Crippen molar-refractivity contribution in [3.63, 3.8) is 0 Å². The van der Waals surface area contributed by atoms with Crippen LogP contribution in [0.5, 0.6) is 0 Å². The van der Waals surface area contributed by atoms with Crippen LogP contribution >= 0.6 is 0 Å². The molecule has 3 aromatic carbocycles. The molecular weight excluding hydrogens is 532 g/mol. The summed E-state index contributed by atoms with van der Waals surface area (Å²) in [5.74, 6) is 0.249. The summed E-state index contributed by atoms with van der Waals surface area (Å²) in [4.78, 5) is 0. The van der Waals surface area contributed by atoms with Crippen molar-refractivity contribution in [1.82, 2.24) is 0 Å². The average molecular weight is 579 g/mol. The number of aromatic nitrogens is 2. The standard InChI is InChI=1S/C42H46N2/c1-5-7-9-21-33(3)35-23-12-14-26-38(35)42(44-32-20-17-29-41(44)36-24-11-10-22-34(36)4)39-27-15-13-25-37(39)40-28-16-19-31-43(40)30-18-8-6-2/h5,7,9-17,19-29,31-33,42H,6,8,18,30H2,1-4H3/q+2/b7-5-,21-9-. The summed E-state index contributed by atoms with van der Waals surface area (Å²) >= 11 is 0. The van der Waals surface area contributed by atoms with Gasteiger partial charge in [-0.3, -0.25) is 0 Å². The molecule has 2 heterocycles. The van der Waals surface area contributed by atoms with Crippen LogP contribution in [0, 0.1) is 6.92 Å². The quantitative estimate of drug-likeness (QED) is 0.0791. The van der Waals surface area contributed by atoms with Crippen molar-refractivity contribution in [2.75, 3.05) is 0 Å². The molecule has 0 amide bonds. The first kappa shape index (κ1) is 30.9. The number of nitrogens with zero attached hydrogens (tertiary/aromatic N) is 2. The minimum absolute atomic E-state index is 0.0416. The molecule has 0 aliphatic carbocycles. The maximum absolute atomic E-state index is 2.49. The zero-order chi connectivity index (χ0) is 30.7. The highest BCUT2D eigenvalue weighted by molar-refractivity contribution is 5.64. The Bertz CT molecular complexity index is 1730. The van der Waals surface area contributed by atoms with Gasteiger partial charge >= 0.3 is 0 Å². The van der Waals surface area contributed by atoms with E-state index in [9.17, 15) is 0 Å². The molecule has 0 saturated heterocycles. The smallest absolute Gasteiger partial charge is 0.198 e. The summed E-state index contributed by atoms with van der Waals surface area (Å²) in [6, 6.07) is 39.9. The topological polar surface area (TPSA) is 7.76 Å². The van der Waals surface area contributed by atoms with Crippen LogP contribution in [-0.4, -0.2) is 0 Å². The Kier molecular flexibility index (Phi) is 10.7. The predicted octanol–water partition coefficient (Wildman–Crippen LogP) is 9.97. The molecule has 2 heteroatoms. The molecule has 2 unspecified atom stereocenters. The van der Waals surface area contributed by atoms with Crippen LogP contribution < -0.4 is 9.13 Å². The van der Waals surface area contributed by atoms with E-state index in [0.29, 0.717) is 0 Å². The SMILES string of the molecule is C/C=C\C=C/C(C)c1ccccc1C(c1ccccc1-c1cccc[n+]1CCCCC)[n+]1ccccc1-c1ccccc1C. The normalized spacial score (nSPS) is 13.0. The fourth-order valence-electron chi connectivity index (χ4n) is 6.27. The molecule has 0 N–H and O–H groups in total. The molecule has 0 radical (unpaired) electrons. The maximum atomic E-state index is 2.49. The molecule has 2 nitrogen and oxygen atoms in total. The average Bonchev–Trinajstić information content (AvgIpc) is 3.06. The molecule has 222 valence electrons. The van der Waals surface area contributed by atoms with Crippen LogP contribution in [0.25, 0.3) is 22.5 Å². The van der Waals surface area contributed by atoms with Gasteiger partial charge in [0.25, 0.3) is 0 Å². The fraction of sp³-hybridized carbons (Fsp3) is 0.238. The highest BCUT2D eigenvalue weighted by Crippen LogP contribution is 2.36. The summed E-state index contributed by atoms with van der Waals surface area (Å²) in [5.41, 5.74) is 10.2. The van der Waals surface area contributed by atoms with Gasteiger partial charge in [-0.05, 0) is 61.6 Å².